The molecular formula is C17H19NO. The van der Waals surface area contributed by atoms with Gasteiger partial charge in [-0.3, -0.25) is 0 Å². The molecule has 98 valence electrons. The largest absolute Gasteiger partial charge is 0.485 e. The Bertz CT molecular complexity index is 496. The molecule has 0 heterocycles. The van der Waals surface area contributed by atoms with Crippen LogP contribution in [0.5, 0.6) is 5.75 Å². The SMILES string of the molecule is CNCC[C@@H](Oc1cc#ccc1C)c1ccccc1. The number of nitrogens with one attached hydrogen (secondary N) is 1. The number of rotatable bonds is 6. The van der Waals surface area contributed by atoms with Gasteiger partial charge in [0.25, 0.3) is 0 Å². The van der Waals surface area contributed by atoms with E-state index >= 15 is 0 Å². The zero-order valence-corrected chi connectivity index (χ0v) is 11.4. The van der Waals surface area contributed by atoms with Crippen molar-refractivity contribution in [3.8, 4) is 5.75 Å². The summed E-state index contributed by atoms with van der Waals surface area (Å²) in [4.78, 5) is 0. The molecule has 2 aromatic rings. The van der Waals surface area contributed by atoms with E-state index in [-0.39, 0.29) is 6.10 Å². The summed E-state index contributed by atoms with van der Waals surface area (Å²) in [6, 6.07) is 20.0. The maximum atomic E-state index is 6.14. The highest BCUT2D eigenvalue weighted by Gasteiger charge is 2.13. The second kappa shape index (κ2) is 6.82. The van der Waals surface area contributed by atoms with Gasteiger partial charge in [-0.2, -0.15) is 0 Å². The van der Waals surface area contributed by atoms with Crippen molar-refractivity contribution in [3.05, 3.63) is 65.7 Å². The molecule has 0 fully saturated rings. The molecule has 0 bridgehead atoms. The average molecular weight is 253 g/mol. The molecular weight excluding hydrogens is 234 g/mol. The molecule has 19 heavy (non-hydrogen) atoms. The van der Waals surface area contributed by atoms with Crippen LogP contribution in [-0.2, 0) is 0 Å². The predicted molar refractivity (Wildman–Crippen MR) is 77.2 cm³/mol. The summed E-state index contributed by atoms with van der Waals surface area (Å²) in [6.45, 7) is 2.95. The molecule has 2 nitrogen and oxygen atoms in total. The van der Waals surface area contributed by atoms with Gasteiger partial charge in [-0.1, -0.05) is 42.5 Å². The van der Waals surface area contributed by atoms with E-state index in [1.165, 1.54) is 5.56 Å². The van der Waals surface area contributed by atoms with Crippen molar-refractivity contribution in [1.82, 2.24) is 5.32 Å². The van der Waals surface area contributed by atoms with Gasteiger partial charge < -0.3 is 10.1 Å². The van der Waals surface area contributed by atoms with Gasteiger partial charge in [-0.15, -0.1) is 0 Å². The van der Waals surface area contributed by atoms with Crippen LogP contribution in [0.1, 0.15) is 23.7 Å². The lowest BCUT2D eigenvalue weighted by Crippen LogP contribution is -2.16. The molecule has 0 amide bonds. The second-order valence-corrected chi connectivity index (χ2v) is 4.53. The Kier molecular flexibility index (Phi) is 4.83. The van der Waals surface area contributed by atoms with E-state index in [2.05, 4.69) is 29.6 Å². The van der Waals surface area contributed by atoms with Crippen LogP contribution in [0.15, 0.2) is 42.5 Å². The summed E-state index contributed by atoms with van der Waals surface area (Å²) in [5, 5.41) is 3.17. The first-order valence-corrected chi connectivity index (χ1v) is 6.56. The smallest absolute Gasteiger partial charge is 0.132 e. The summed E-state index contributed by atoms with van der Waals surface area (Å²) >= 11 is 0. The molecule has 2 heteroatoms. The fraction of sp³-hybridized carbons (Fsp3) is 0.294. The number of aryl methyl sites for hydroxylation is 1. The Labute approximate surface area is 115 Å². The molecule has 0 aliphatic carbocycles. The van der Waals surface area contributed by atoms with Gasteiger partial charge in [0.1, 0.15) is 11.9 Å². The molecule has 0 radical (unpaired) electrons. The highest BCUT2D eigenvalue weighted by atomic mass is 16.5. The maximum absolute atomic E-state index is 6.14. The van der Waals surface area contributed by atoms with Crippen molar-refractivity contribution in [2.45, 2.75) is 19.4 Å². The summed E-state index contributed by atoms with van der Waals surface area (Å²) in [5.74, 6) is 0.878. The van der Waals surface area contributed by atoms with Crippen LogP contribution in [0, 0.1) is 19.1 Å². The van der Waals surface area contributed by atoms with Gasteiger partial charge in [-0.05, 0) is 32.1 Å². The summed E-state index contributed by atoms with van der Waals surface area (Å²) in [7, 11) is 1.96. The Morgan fingerprint density at radius 3 is 2.58 bits per heavy atom. The zero-order valence-electron chi connectivity index (χ0n) is 11.4. The van der Waals surface area contributed by atoms with E-state index in [0.717, 1.165) is 24.3 Å². The molecule has 0 spiro atoms. The topological polar surface area (TPSA) is 21.3 Å². The minimum atomic E-state index is 0.0585. The zero-order chi connectivity index (χ0) is 13.5. The molecule has 0 saturated carbocycles. The van der Waals surface area contributed by atoms with Crippen LogP contribution in [0.25, 0.3) is 0 Å². The van der Waals surface area contributed by atoms with Crippen molar-refractivity contribution in [2.75, 3.05) is 13.6 Å². The van der Waals surface area contributed by atoms with Crippen molar-refractivity contribution in [2.24, 2.45) is 0 Å². The van der Waals surface area contributed by atoms with E-state index in [1.54, 1.807) is 0 Å². The summed E-state index contributed by atoms with van der Waals surface area (Å²) in [6.07, 6.45) is 0.988. The maximum Gasteiger partial charge on any atom is 0.132 e. The fourth-order valence-corrected chi connectivity index (χ4v) is 1.96. The number of hydrogen-bond donors (Lipinski definition) is 1. The van der Waals surface area contributed by atoms with Crippen molar-refractivity contribution in [1.29, 1.82) is 0 Å². The van der Waals surface area contributed by atoms with E-state index in [0.29, 0.717) is 0 Å². The number of ether oxygens (including phenoxy) is 1. The highest BCUT2D eigenvalue weighted by Crippen LogP contribution is 2.26. The van der Waals surface area contributed by atoms with Crippen molar-refractivity contribution >= 4 is 0 Å². The standard InChI is InChI=1S/C17H19NO/c1-14-8-6-7-11-16(14)19-17(12-13-18-2)15-9-4-3-5-10-15/h3-5,8-11,17-18H,12-13H2,1-2H3/t17-/m1/s1. The molecule has 0 saturated heterocycles. The average Bonchev–Trinajstić information content (AvgIpc) is 2.46. The number of benzene rings is 1. The minimum absolute atomic E-state index is 0.0585. The first-order valence-electron chi connectivity index (χ1n) is 6.56. The van der Waals surface area contributed by atoms with Crippen LogP contribution in [0.2, 0.25) is 0 Å². The van der Waals surface area contributed by atoms with E-state index < -0.39 is 0 Å². The van der Waals surface area contributed by atoms with Crippen LogP contribution >= 0.6 is 0 Å². The van der Waals surface area contributed by atoms with Gasteiger partial charge in [0, 0.05) is 18.1 Å². The lowest BCUT2D eigenvalue weighted by atomic mass is 10.1. The monoisotopic (exact) mass is 253 g/mol. The Morgan fingerprint density at radius 1 is 1.16 bits per heavy atom. The van der Waals surface area contributed by atoms with Gasteiger partial charge >= 0.3 is 0 Å². The van der Waals surface area contributed by atoms with Crippen LogP contribution in [0.3, 0.4) is 0 Å². The van der Waals surface area contributed by atoms with Gasteiger partial charge in [-0.25, -0.2) is 0 Å². The molecule has 0 aliphatic heterocycles. The molecule has 1 N–H and O–H groups in total. The molecule has 0 aromatic heterocycles. The molecule has 0 unspecified atom stereocenters. The van der Waals surface area contributed by atoms with Gasteiger partial charge in [0.15, 0.2) is 0 Å². The second-order valence-electron chi connectivity index (χ2n) is 4.53. The number of hydrogen-bond acceptors (Lipinski definition) is 2. The molecule has 1 atom stereocenters. The lowest BCUT2D eigenvalue weighted by Gasteiger charge is -2.20. The van der Waals surface area contributed by atoms with E-state index in [1.807, 2.05) is 44.3 Å². The quantitative estimate of drug-likeness (QED) is 0.852. The summed E-state index contributed by atoms with van der Waals surface area (Å²) < 4.78 is 6.14. The van der Waals surface area contributed by atoms with Crippen molar-refractivity contribution < 1.29 is 4.74 Å². The predicted octanol–water partition coefficient (Wildman–Crippen LogP) is 3.33. The Balaban J connectivity index is 2.17. The summed E-state index contributed by atoms with van der Waals surface area (Å²) in [5.41, 5.74) is 2.29. The van der Waals surface area contributed by atoms with Crippen LogP contribution in [0.4, 0.5) is 0 Å². The first-order chi connectivity index (χ1) is 9.31. The van der Waals surface area contributed by atoms with Gasteiger partial charge in [0.05, 0.1) is 0 Å². The lowest BCUT2D eigenvalue weighted by molar-refractivity contribution is 0.193. The normalized spacial score (nSPS) is 11.7. The fourth-order valence-electron chi connectivity index (χ4n) is 1.96. The molecule has 2 aromatic carbocycles. The third-order valence-electron chi connectivity index (χ3n) is 3.06. The van der Waals surface area contributed by atoms with Gasteiger partial charge in [0.2, 0.25) is 0 Å². The van der Waals surface area contributed by atoms with E-state index in [4.69, 9.17) is 4.74 Å². The minimum Gasteiger partial charge on any atom is -0.485 e. The first kappa shape index (κ1) is 13.5. The highest BCUT2D eigenvalue weighted by molar-refractivity contribution is 5.30. The molecule has 2 rings (SSSR count). The van der Waals surface area contributed by atoms with Crippen molar-refractivity contribution in [3.63, 3.8) is 0 Å². The third-order valence-corrected chi connectivity index (χ3v) is 3.06. The Morgan fingerprint density at radius 2 is 1.89 bits per heavy atom. The van der Waals surface area contributed by atoms with Crippen LogP contribution < -0.4 is 10.1 Å². The molecule has 0 aliphatic rings. The van der Waals surface area contributed by atoms with Crippen LogP contribution in [-0.4, -0.2) is 13.6 Å². The van der Waals surface area contributed by atoms with E-state index in [9.17, 15) is 0 Å². The third kappa shape index (κ3) is 3.74. The Hall–Kier alpha value is -1.98.